The zero-order valence-electron chi connectivity index (χ0n) is 10.6. The number of carbonyl (C=O) groups excluding carboxylic acids is 1. The van der Waals surface area contributed by atoms with Crippen LogP contribution < -0.4 is 5.32 Å². The lowest BCUT2D eigenvalue weighted by molar-refractivity contribution is 0.0940. The molecule has 0 saturated carbocycles. The molecule has 2 rings (SSSR count). The largest absolute Gasteiger partial charge is 0.347 e. The molecule has 0 unspecified atom stereocenters. The van der Waals surface area contributed by atoms with Crippen molar-refractivity contribution in [2.24, 2.45) is 0 Å². The highest BCUT2D eigenvalue weighted by Crippen LogP contribution is 2.04. The number of aryl methyl sites for hydroxylation is 2. The monoisotopic (exact) mass is 244 g/mol. The van der Waals surface area contributed by atoms with Crippen molar-refractivity contribution in [3.8, 4) is 0 Å². The van der Waals surface area contributed by atoms with Gasteiger partial charge >= 0.3 is 0 Å². The molecule has 0 aliphatic rings. The van der Waals surface area contributed by atoms with Crippen molar-refractivity contribution in [1.82, 2.24) is 20.1 Å². The highest BCUT2D eigenvalue weighted by molar-refractivity contribution is 5.92. The molecule has 0 aliphatic carbocycles. The van der Waals surface area contributed by atoms with Crippen LogP contribution in [0.5, 0.6) is 0 Å². The molecule has 5 heteroatoms. The van der Waals surface area contributed by atoms with Crippen LogP contribution in [-0.2, 0) is 13.1 Å². The molecule has 0 saturated heterocycles. The quantitative estimate of drug-likeness (QED) is 0.887. The number of aromatic nitrogens is 3. The van der Waals surface area contributed by atoms with Crippen molar-refractivity contribution in [1.29, 1.82) is 0 Å². The lowest BCUT2D eigenvalue weighted by Crippen LogP contribution is -2.25. The van der Waals surface area contributed by atoms with Gasteiger partial charge in [0, 0.05) is 25.5 Å². The van der Waals surface area contributed by atoms with E-state index in [2.05, 4.69) is 15.4 Å². The van der Waals surface area contributed by atoms with Gasteiger partial charge in [-0.05, 0) is 31.5 Å². The van der Waals surface area contributed by atoms with Crippen molar-refractivity contribution < 1.29 is 4.79 Å². The van der Waals surface area contributed by atoms with Gasteiger partial charge in [0.15, 0.2) is 0 Å². The molecule has 94 valence electrons. The molecule has 0 bridgehead atoms. The fourth-order valence-corrected chi connectivity index (χ4v) is 1.74. The molecule has 0 spiro atoms. The molecular weight excluding hydrogens is 228 g/mol. The zero-order chi connectivity index (χ0) is 13.0. The smallest absolute Gasteiger partial charge is 0.269 e. The van der Waals surface area contributed by atoms with Crippen LogP contribution in [0.3, 0.4) is 0 Å². The summed E-state index contributed by atoms with van der Waals surface area (Å²) in [5.41, 5.74) is 2.42. The van der Waals surface area contributed by atoms with Gasteiger partial charge in [-0.3, -0.25) is 14.5 Å². The van der Waals surface area contributed by atoms with Crippen LogP contribution >= 0.6 is 0 Å². The summed E-state index contributed by atoms with van der Waals surface area (Å²) in [4.78, 5) is 16.0. The molecule has 2 aromatic rings. The molecule has 1 amide bonds. The first-order valence-corrected chi connectivity index (χ1v) is 5.92. The average molecular weight is 244 g/mol. The molecule has 0 fully saturated rings. The predicted octanol–water partition coefficient (Wildman–Crippen LogP) is 1.54. The lowest BCUT2D eigenvalue weighted by atomic mass is 10.3. The first-order valence-electron chi connectivity index (χ1n) is 5.92. The van der Waals surface area contributed by atoms with Crippen LogP contribution in [0.1, 0.15) is 28.7 Å². The van der Waals surface area contributed by atoms with Crippen molar-refractivity contribution >= 4 is 5.91 Å². The van der Waals surface area contributed by atoms with Crippen LogP contribution in [0.2, 0.25) is 0 Å². The molecule has 0 aromatic carbocycles. The highest BCUT2D eigenvalue weighted by atomic mass is 16.2. The van der Waals surface area contributed by atoms with Crippen molar-refractivity contribution in [2.45, 2.75) is 26.9 Å². The Hall–Kier alpha value is -2.17. The summed E-state index contributed by atoms with van der Waals surface area (Å²) < 4.78 is 1.70. The third-order valence-electron chi connectivity index (χ3n) is 2.61. The van der Waals surface area contributed by atoms with Gasteiger partial charge in [-0.15, -0.1) is 0 Å². The van der Waals surface area contributed by atoms with E-state index in [0.29, 0.717) is 18.8 Å². The van der Waals surface area contributed by atoms with Crippen molar-refractivity contribution in [3.05, 3.63) is 47.5 Å². The average Bonchev–Trinajstić information content (AvgIpc) is 2.78. The normalized spacial score (nSPS) is 10.3. The molecule has 18 heavy (non-hydrogen) atoms. The number of hydrogen-bond acceptors (Lipinski definition) is 3. The van der Waals surface area contributed by atoms with Crippen LogP contribution in [0.4, 0.5) is 0 Å². The van der Waals surface area contributed by atoms with E-state index in [1.165, 1.54) is 0 Å². The maximum Gasteiger partial charge on any atom is 0.269 e. The van der Waals surface area contributed by atoms with E-state index in [0.717, 1.165) is 11.3 Å². The number of nitrogens with one attached hydrogen (secondary N) is 1. The Bertz CT molecular complexity index is 533. The number of carbonyl (C=O) groups is 1. The lowest BCUT2D eigenvalue weighted by Gasteiger charge is -2.06. The summed E-state index contributed by atoms with van der Waals surface area (Å²) in [6.07, 6.45) is 3.45. The van der Waals surface area contributed by atoms with Crippen LogP contribution in [0.15, 0.2) is 30.6 Å². The van der Waals surface area contributed by atoms with E-state index < -0.39 is 0 Å². The van der Waals surface area contributed by atoms with E-state index in [1.54, 1.807) is 23.1 Å². The second-order valence-corrected chi connectivity index (χ2v) is 4.03. The second kappa shape index (κ2) is 5.44. The maximum absolute atomic E-state index is 12.0. The summed E-state index contributed by atoms with van der Waals surface area (Å²) in [5.74, 6) is -0.110. The van der Waals surface area contributed by atoms with E-state index in [4.69, 9.17) is 0 Å². The van der Waals surface area contributed by atoms with Crippen LogP contribution in [0.25, 0.3) is 0 Å². The van der Waals surface area contributed by atoms with Crippen molar-refractivity contribution in [2.75, 3.05) is 0 Å². The Morgan fingerprint density at radius 1 is 1.50 bits per heavy atom. The van der Waals surface area contributed by atoms with Gasteiger partial charge in [0.1, 0.15) is 5.69 Å². The summed E-state index contributed by atoms with van der Waals surface area (Å²) in [6.45, 7) is 5.00. The summed E-state index contributed by atoms with van der Waals surface area (Å²) in [7, 11) is 0. The van der Waals surface area contributed by atoms with Crippen LogP contribution in [-0.4, -0.2) is 20.7 Å². The van der Waals surface area contributed by atoms with Gasteiger partial charge in [-0.2, -0.15) is 5.10 Å². The third kappa shape index (κ3) is 2.74. The van der Waals surface area contributed by atoms with Gasteiger partial charge in [0.25, 0.3) is 5.91 Å². The van der Waals surface area contributed by atoms with E-state index in [1.807, 2.05) is 26.0 Å². The Morgan fingerprint density at radius 3 is 3.00 bits per heavy atom. The Labute approximate surface area is 106 Å². The summed E-state index contributed by atoms with van der Waals surface area (Å²) in [5, 5.41) is 7.11. The van der Waals surface area contributed by atoms with Gasteiger partial charge in [-0.1, -0.05) is 6.07 Å². The van der Waals surface area contributed by atoms with Gasteiger partial charge < -0.3 is 5.32 Å². The summed E-state index contributed by atoms with van der Waals surface area (Å²) in [6, 6.07) is 5.57. The summed E-state index contributed by atoms with van der Waals surface area (Å²) >= 11 is 0. The topological polar surface area (TPSA) is 59.8 Å². The number of amides is 1. The molecule has 1 N–H and O–H groups in total. The standard InChI is InChI=1S/C13H16N4O/c1-3-17-12(7-10(2)16-17)13(18)15-9-11-5-4-6-14-8-11/h4-8H,3,9H2,1-2H3,(H,15,18). The highest BCUT2D eigenvalue weighted by Gasteiger charge is 2.12. The Morgan fingerprint density at radius 2 is 2.33 bits per heavy atom. The Balaban J connectivity index is 2.04. The number of hydrogen-bond donors (Lipinski definition) is 1. The van der Waals surface area contributed by atoms with Crippen molar-refractivity contribution in [3.63, 3.8) is 0 Å². The minimum Gasteiger partial charge on any atom is -0.347 e. The SMILES string of the molecule is CCn1nc(C)cc1C(=O)NCc1cccnc1. The van der Waals surface area contributed by atoms with Gasteiger partial charge in [0.05, 0.1) is 5.69 Å². The van der Waals surface area contributed by atoms with E-state index in [-0.39, 0.29) is 5.91 Å². The maximum atomic E-state index is 12.0. The van der Waals surface area contributed by atoms with E-state index >= 15 is 0 Å². The molecule has 5 nitrogen and oxygen atoms in total. The molecule has 0 atom stereocenters. The number of nitrogens with zero attached hydrogens (tertiary/aromatic N) is 3. The number of rotatable bonds is 4. The first-order chi connectivity index (χ1) is 8.70. The molecule has 2 aromatic heterocycles. The zero-order valence-corrected chi connectivity index (χ0v) is 10.6. The second-order valence-electron chi connectivity index (χ2n) is 4.03. The van der Waals surface area contributed by atoms with Crippen LogP contribution in [0, 0.1) is 6.92 Å². The predicted molar refractivity (Wildman–Crippen MR) is 68.0 cm³/mol. The molecule has 0 radical (unpaired) electrons. The molecule has 2 heterocycles. The minimum absolute atomic E-state index is 0.110. The third-order valence-corrected chi connectivity index (χ3v) is 2.61. The fraction of sp³-hybridized carbons (Fsp3) is 0.308. The number of pyridine rings is 1. The molecule has 0 aliphatic heterocycles. The minimum atomic E-state index is -0.110. The first kappa shape index (κ1) is 12.3. The molecular formula is C13H16N4O. The van der Waals surface area contributed by atoms with E-state index in [9.17, 15) is 4.79 Å². The van der Waals surface area contributed by atoms with Gasteiger partial charge in [0.2, 0.25) is 0 Å². The van der Waals surface area contributed by atoms with Gasteiger partial charge in [-0.25, -0.2) is 0 Å². The fourth-order valence-electron chi connectivity index (χ4n) is 1.74. The Kier molecular flexibility index (Phi) is 3.72.